The summed E-state index contributed by atoms with van der Waals surface area (Å²) in [5, 5.41) is 16.3. The molecule has 2 heterocycles. The zero-order chi connectivity index (χ0) is 19.6. The van der Waals surface area contributed by atoms with Crippen molar-refractivity contribution in [3.05, 3.63) is 34.4 Å². The second-order valence-electron chi connectivity index (χ2n) is 7.78. The summed E-state index contributed by atoms with van der Waals surface area (Å²) in [5.41, 5.74) is 6.29. The summed E-state index contributed by atoms with van der Waals surface area (Å²) in [6, 6.07) is 0.789. The monoisotopic (exact) mass is 499 g/mol. The van der Waals surface area contributed by atoms with Gasteiger partial charge in [-0.1, -0.05) is 0 Å². The van der Waals surface area contributed by atoms with Crippen molar-refractivity contribution in [2.24, 2.45) is 12.0 Å². The number of aryl methyl sites for hydroxylation is 3. The van der Waals surface area contributed by atoms with Crippen molar-refractivity contribution in [3.63, 3.8) is 0 Å². The normalized spacial score (nSPS) is 16.7. The molecule has 0 fully saturated rings. The minimum absolute atomic E-state index is 0. The first-order chi connectivity index (χ1) is 12.9. The minimum Gasteiger partial charge on any atom is -0.356 e. The van der Waals surface area contributed by atoms with Gasteiger partial charge in [-0.05, 0) is 58.1 Å². The Kier molecular flexibility index (Phi) is 7.91. The Morgan fingerprint density at radius 1 is 1.32 bits per heavy atom. The third-order valence-corrected chi connectivity index (χ3v) is 5.52. The molecule has 3 rings (SSSR count). The number of nitrogens with one attached hydrogen (secondary N) is 2. The van der Waals surface area contributed by atoms with Gasteiger partial charge in [0.05, 0.1) is 11.4 Å². The minimum atomic E-state index is 0. The number of aromatic nitrogens is 4. The highest BCUT2D eigenvalue weighted by Crippen LogP contribution is 2.21. The zero-order valence-corrected chi connectivity index (χ0v) is 20.2. The van der Waals surface area contributed by atoms with Crippen LogP contribution >= 0.6 is 24.0 Å². The Morgan fingerprint density at radius 2 is 2.07 bits per heavy atom. The van der Waals surface area contributed by atoms with Crippen molar-refractivity contribution in [2.45, 2.75) is 65.5 Å². The quantitative estimate of drug-likeness (QED) is 0.377. The van der Waals surface area contributed by atoms with Crippen LogP contribution < -0.4 is 10.6 Å². The van der Waals surface area contributed by atoms with Crippen molar-refractivity contribution in [3.8, 4) is 0 Å². The van der Waals surface area contributed by atoms with Crippen LogP contribution in [0.15, 0.2) is 11.2 Å². The molecule has 0 radical (unpaired) electrons. The molecule has 0 aliphatic heterocycles. The lowest BCUT2D eigenvalue weighted by atomic mass is 9.94. The van der Waals surface area contributed by atoms with Crippen molar-refractivity contribution >= 4 is 29.9 Å². The lowest BCUT2D eigenvalue weighted by Crippen LogP contribution is -2.46. The number of guanidine groups is 1. The van der Waals surface area contributed by atoms with Crippen LogP contribution in [0.4, 0.5) is 0 Å². The summed E-state index contributed by atoms with van der Waals surface area (Å²) in [6.45, 7) is 9.38. The third kappa shape index (κ3) is 5.07. The summed E-state index contributed by atoms with van der Waals surface area (Å²) in [4.78, 5) is 4.40. The van der Waals surface area contributed by atoms with E-state index in [-0.39, 0.29) is 24.0 Å². The van der Waals surface area contributed by atoms with Crippen molar-refractivity contribution in [2.75, 3.05) is 13.6 Å². The fourth-order valence-electron chi connectivity index (χ4n) is 3.77. The number of nitrogens with zero attached hydrogens (tertiary/aromatic N) is 5. The number of fused-ring (bicyclic) bond motifs is 1. The fraction of sp³-hybridized carbons (Fsp3) is 0.650. The van der Waals surface area contributed by atoms with E-state index in [4.69, 9.17) is 5.10 Å². The van der Waals surface area contributed by atoms with Gasteiger partial charge in [0.1, 0.15) is 0 Å². The van der Waals surface area contributed by atoms with Crippen LogP contribution in [0, 0.1) is 13.8 Å². The molecule has 0 saturated carbocycles. The third-order valence-electron chi connectivity index (χ3n) is 5.52. The predicted octanol–water partition coefficient (Wildman–Crippen LogP) is 2.70. The van der Waals surface area contributed by atoms with Gasteiger partial charge >= 0.3 is 0 Å². The van der Waals surface area contributed by atoms with Gasteiger partial charge in [0.15, 0.2) is 5.96 Å². The highest BCUT2D eigenvalue weighted by Gasteiger charge is 2.23. The van der Waals surface area contributed by atoms with Gasteiger partial charge in [0.25, 0.3) is 0 Å². The van der Waals surface area contributed by atoms with Crippen LogP contribution in [-0.2, 0) is 26.3 Å². The van der Waals surface area contributed by atoms with Crippen LogP contribution in [-0.4, -0.2) is 45.2 Å². The van der Waals surface area contributed by atoms with Crippen LogP contribution in [0.2, 0.25) is 0 Å². The van der Waals surface area contributed by atoms with Crippen molar-refractivity contribution < 1.29 is 0 Å². The maximum Gasteiger partial charge on any atom is 0.191 e. The predicted molar refractivity (Wildman–Crippen MR) is 125 cm³/mol. The highest BCUT2D eigenvalue weighted by atomic mass is 127. The van der Waals surface area contributed by atoms with E-state index in [2.05, 4.69) is 59.3 Å². The highest BCUT2D eigenvalue weighted by molar-refractivity contribution is 14.0. The smallest absolute Gasteiger partial charge is 0.191 e. The zero-order valence-electron chi connectivity index (χ0n) is 17.9. The fourth-order valence-corrected chi connectivity index (χ4v) is 3.77. The Labute approximate surface area is 185 Å². The first-order valence-electron chi connectivity index (χ1n) is 9.92. The molecule has 0 bridgehead atoms. The molecule has 1 unspecified atom stereocenters. The lowest BCUT2D eigenvalue weighted by molar-refractivity contribution is 0.499. The van der Waals surface area contributed by atoms with Gasteiger partial charge < -0.3 is 10.6 Å². The number of halogens is 1. The standard InChI is InChI=1S/C20H33N7.HI/c1-13(2)27-12-16-7-8-17(11-19(16)25-27)23-20(21-5)22-10-9-18-14(3)24-26(6)15(18)4;/h12-13,17H,7-11H2,1-6H3,(H2,21,22,23);1H. The van der Waals surface area contributed by atoms with E-state index in [1.807, 2.05) is 18.8 Å². The Balaban J connectivity index is 0.00000280. The molecule has 2 N–H and O–H groups in total. The second kappa shape index (κ2) is 9.76. The summed E-state index contributed by atoms with van der Waals surface area (Å²) < 4.78 is 4.03. The van der Waals surface area contributed by atoms with E-state index in [1.54, 1.807) is 0 Å². The first kappa shape index (κ1) is 22.7. The van der Waals surface area contributed by atoms with E-state index >= 15 is 0 Å². The maximum absolute atomic E-state index is 4.76. The molecule has 1 atom stereocenters. The molecule has 1 aliphatic carbocycles. The summed E-state index contributed by atoms with van der Waals surface area (Å²) in [5.74, 6) is 0.867. The molecule has 8 heteroatoms. The Hall–Kier alpha value is -1.58. The van der Waals surface area contributed by atoms with Crippen LogP contribution in [0.25, 0.3) is 0 Å². The summed E-state index contributed by atoms with van der Waals surface area (Å²) >= 11 is 0. The van der Waals surface area contributed by atoms with Gasteiger partial charge in [0, 0.05) is 51.0 Å². The molecule has 1 aliphatic rings. The van der Waals surface area contributed by atoms with Gasteiger partial charge in [-0.15, -0.1) is 24.0 Å². The number of hydrogen-bond acceptors (Lipinski definition) is 3. The van der Waals surface area contributed by atoms with Gasteiger partial charge in [-0.3, -0.25) is 14.4 Å². The number of aliphatic imine (C=N–C) groups is 1. The first-order valence-corrected chi connectivity index (χ1v) is 9.92. The van der Waals surface area contributed by atoms with E-state index < -0.39 is 0 Å². The van der Waals surface area contributed by atoms with Gasteiger partial charge in [-0.25, -0.2) is 0 Å². The number of rotatable bonds is 5. The molecular formula is C20H34IN7. The Bertz CT molecular complexity index is 819. The molecule has 156 valence electrons. The van der Waals surface area contributed by atoms with E-state index in [1.165, 1.54) is 22.5 Å². The van der Waals surface area contributed by atoms with Crippen molar-refractivity contribution in [1.29, 1.82) is 0 Å². The summed E-state index contributed by atoms with van der Waals surface area (Å²) in [6.07, 6.45) is 6.29. The molecule has 0 spiro atoms. The van der Waals surface area contributed by atoms with E-state index in [0.717, 1.165) is 43.9 Å². The van der Waals surface area contributed by atoms with Crippen LogP contribution in [0.3, 0.4) is 0 Å². The topological polar surface area (TPSA) is 72.1 Å². The van der Waals surface area contributed by atoms with Crippen LogP contribution in [0.5, 0.6) is 0 Å². The average molecular weight is 499 g/mol. The van der Waals surface area contributed by atoms with Crippen LogP contribution in [0.1, 0.15) is 54.5 Å². The van der Waals surface area contributed by atoms with Crippen molar-refractivity contribution in [1.82, 2.24) is 30.2 Å². The molecule has 0 aromatic carbocycles. The van der Waals surface area contributed by atoms with E-state index in [0.29, 0.717) is 12.1 Å². The van der Waals surface area contributed by atoms with Gasteiger partial charge in [-0.2, -0.15) is 10.2 Å². The Morgan fingerprint density at radius 3 is 2.68 bits per heavy atom. The average Bonchev–Trinajstić information content (AvgIpc) is 3.16. The second-order valence-corrected chi connectivity index (χ2v) is 7.78. The molecular weight excluding hydrogens is 465 g/mol. The molecule has 2 aromatic heterocycles. The summed E-state index contributed by atoms with van der Waals surface area (Å²) in [7, 11) is 3.83. The molecule has 2 aromatic rings. The number of hydrogen-bond donors (Lipinski definition) is 2. The molecule has 0 amide bonds. The largest absolute Gasteiger partial charge is 0.356 e. The molecule has 7 nitrogen and oxygen atoms in total. The molecule has 28 heavy (non-hydrogen) atoms. The molecule has 0 saturated heterocycles. The maximum atomic E-state index is 4.76. The lowest BCUT2D eigenvalue weighted by Gasteiger charge is -2.24. The van der Waals surface area contributed by atoms with Gasteiger partial charge in [0.2, 0.25) is 0 Å². The SMILES string of the molecule is CN=C(NCCc1c(C)nn(C)c1C)NC1CCc2cn(C(C)C)nc2C1.I. The van der Waals surface area contributed by atoms with E-state index in [9.17, 15) is 0 Å².